The summed E-state index contributed by atoms with van der Waals surface area (Å²) in [5.74, 6) is 1.34. The van der Waals surface area contributed by atoms with Gasteiger partial charge in [0.25, 0.3) is 0 Å². The van der Waals surface area contributed by atoms with Gasteiger partial charge >= 0.3 is 5.97 Å². The summed E-state index contributed by atoms with van der Waals surface area (Å²) in [6.07, 6.45) is 5.88. The summed E-state index contributed by atoms with van der Waals surface area (Å²) in [6, 6.07) is 14.5. The molecule has 186 valence electrons. The Morgan fingerprint density at radius 1 is 0.794 bits per heavy atom. The third kappa shape index (κ3) is 7.74. The highest BCUT2D eigenvalue weighted by atomic mass is 16.6. The van der Waals surface area contributed by atoms with E-state index in [1.165, 1.54) is 18.4 Å². The van der Waals surface area contributed by atoms with Crippen molar-refractivity contribution in [3.63, 3.8) is 0 Å². The lowest BCUT2D eigenvalue weighted by atomic mass is 10.1. The summed E-state index contributed by atoms with van der Waals surface area (Å²) in [7, 11) is 3.19. The second kappa shape index (κ2) is 14.0. The van der Waals surface area contributed by atoms with Crippen molar-refractivity contribution in [2.75, 3.05) is 40.4 Å². The number of hydrogen-bond acceptors (Lipinski definition) is 6. The number of ether oxygens (including phenoxy) is 3. The Labute approximate surface area is 204 Å². The fourth-order valence-electron chi connectivity index (χ4n) is 4.40. The molecule has 6 heteroatoms. The standard InChI is InChI=1S/C28H40N2O4/c1-4-5-6-7-11-14-26(31)34-27-24(15-16-25(32-2)28(27)33-3)22-30-19-17-29(18-20-30)21-23-12-9-8-10-13-23/h8-10,12-13,15-16H,4-7,11,14,17-22H2,1-3H3. The fraction of sp³-hybridized carbons (Fsp3) is 0.536. The molecule has 1 heterocycles. The molecule has 2 aromatic rings. The average molecular weight is 469 g/mol. The Balaban J connectivity index is 1.61. The zero-order valence-electron chi connectivity index (χ0n) is 21.1. The van der Waals surface area contributed by atoms with Gasteiger partial charge in [-0.25, -0.2) is 0 Å². The Morgan fingerprint density at radius 3 is 2.12 bits per heavy atom. The van der Waals surface area contributed by atoms with Gasteiger partial charge in [0.15, 0.2) is 11.5 Å². The van der Waals surface area contributed by atoms with Gasteiger partial charge in [-0.05, 0) is 18.1 Å². The summed E-state index contributed by atoms with van der Waals surface area (Å²) in [6.45, 7) is 7.82. The molecule has 0 aliphatic carbocycles. The quantitative estimate of drug-likeness (QED) is 0.226. The Hall–Kier alpha value is -2.57. The fourth-order valence-corrected chi connectivity index (χ4v) is 4.40. The molecule has 1 aliphatic heterocycles. The zero-order valence-corrected chi connectivity index (χ0v) is 21.1. The van der Waals surface area contributed by atoms with Crippen molar-refractivity contribution in [3.05, 3.63) is 53.6 Å². The molecule has 2 aromatic carbocycles. The summed E-state index contributed by atoms with van der Waals surface area (Å²) in [4.78, 5) is 17.5. The van der Waals surface area contributed by atoms with Crippen molar-refractivity contribution in [2.24, 2.45) is 0 Å². The molecule has 3 rings (SSSR count). The van der Waals surface area contributed by atoms with E-state index in [0.717, 1.165) is 57.5 Å². The van der Waals surface area contributed by atoms with E-state index in [2.05, 4.69) is 47.1 Å². The maximum absolute atomic E-state index is 12.6. The molecule has 0 spiro atoms. The highest BCUT2D eigenvalue weighted by Gasteiger charge is 2.23. The number of esters is 1. The van der Waals surface area contributed by atoms with Crippen molar-refractivity contribution < 1.29 is 19.0 Å². The van der Waals surface area contributed by atoms with E-state index in [1.807, 2.05) is 12.1 Å². The predicted molar refractivity (Wildman–Crippen MR) is 136 cm³/mol. The smallest absolute Gasteiger partial charge is 0.311 e. The van der Waals surface area contributed by atoms with Crippen LogP contribution in [0.1, 0.15) is 56.6 Å². The van der Waals surface area contributed by atoms with Crippen LogP contribution >= 0.6 is 0 Å². The van der Waals surface area contributed by atoms with Crippen molar-refractivity contribution in [2.45, 2.75) is 58.5 Å². The highest BCUT2D eigenvalue weighted by molar-refractivity contribution is 5.74. The third-order valence-corrected chi connectivity index (χ3v) is 6.39. The van der Waals surface area contributed by atoms with Crippen LogP contribution in [0.25, 0.3) is 0 Å². The molecular formula is C28H40N2O4. The van der Waals surface area contributed by atoms with E-state index in [-0.39, 0.29) is 5.97 Å². The maximum atomic E-state index is 12.6. The van der Waals surface area contributed by atoms with Crippen molar-refractivity contribution >= 4 is 5.97 Å². The number of methoxy groups -OCH3 is 2. The molecular weight excluding hydrogens is 428 g/mol. The van der Waals surface area contributed by atoms with Crippen molar-refractivity contribution in [1.29, 1.82) is 0 Å². The van der Waals surface area contributed by atoms with Gasteiger partial charge < -0.3 is 14.2 Å². The van der Waals surface area contributed by atoms with E-state index in [4.69, 9.17) is 14.2 Å². The minimum absolute atomic E-state index is 0.211. The topological polar surface area (TPSA) is 51.2 Å². The lowest BCUT2D eigenvalue weighted by molar-refractivity contribution is -0.134. The van der Waals surface area contributed by atoms with Crippen LogP contribution in [0.3, 0.4) is 0 Å². The number of benzene rings is 2. The van der Waals surface area contributed by atoms with Gasteiger partial charge in [-0.2, -0.15) is 0 Å². The number of carbonyl (C=O) groups excluding carboxylic acids is 1. The van der Waals surface area contributed by atoms with Crippen LogP contribution in [0.15, 0.2) is 42.5 Å². The lowest BCUT2D eigenvalue weighted by Gasteiger charge is -2.35. The van der Waals surface area contributed by atoms with E-state index in [0.29, 0.717) is 30.2 Å². The molecule has 0 aromatic heterocycles. The molecule has 1 aliphatic rings. The van der Waals surface area contributed by atoms with Crippen LogP contribution in [-0.2, 0) is 17.9 Å². The Morgan fingerprint density at radius 2 is 1.47 bits per heavy atom. The average Bonchev–Trinajstić information content (AvgIpc) is 2.86. The second-order valence-electron chi connectivity index (χ2n) is 8.97. The Kier molecular flexibility index (Phi) is 10.7. The number of carbonyl (C=O) groups is 1. The van der Waals surface area contributed by atoms with Crippen LogP contribution in [0.2, 0.25) is 0 Å². The molecule has 0 atom stereocenters. The first kappa shape index (κ1) is 26.0. The van der Waals surface area contributed by atoms with E-state index in [9.17, 15) is 4.79 Å². The predicted octanol–water partition coefficient (Wildman–Crippen LogP) is 5.29. The summed E-state index contributed by atoms with van der Waals surface area (Å²) in [5.41, 5.74) is 2.30. The number of unbranched alkanes of at least 4 members (excludes halogenated alkanes) is 4. The van der Waals surface area contributed by atoms with Gasteiger partial charge in [0.05, 0.1) is 14.2 Å². The third-order valence-electron chi connectivity index (χ3n) is 6.39. The molecule has 0 saturated carbocycles. The molecule has 0 bridgehead atoms. The summed E-state index contributed by atoms with van der Waals surface area (Å²) in [5, 5.41) is 0. The first-order valence-corrected chi connectivity index (χ1v) is 12.6. The van der Waals surface area contributed by atoms with Gasteiger partial charge in [0, 0.05) is 51.3 Å². The van der Waals surface area contributed by atoms with Gasteiger partial charge in [-0.3, -0.25) is 14.6 Å². The molecule has 1 saturated heterocycles. The molecule has 6 nitrogen and oxygen atoms in total. The van der Waals surface area contributed by atoms with Gasteiger partial charge in [0.1, 0.15) is 0 Å². The van der Waals surface area contributed by atoms with E-state index in [1.54, 1.807) is 14.2 Å². The van der Waals surface area contributed by atoms with Gasteiger partial charge in [0.2, 0.25) is 5.75 Å². The second-order valence-corrected chi connectivity index (χ2v) is 8.97. The van der Waals surface area contributed by atoms with Crippen molar-refractivity contribution in [3.8, 4) is 17.2 Å². The minimum atomic E-state index is -0.211. The normalized spacial score (nSPS) is 14.7. The minimum Gasteiger partial charge on any atom is -0.493 e. The molecule has 1 fully saturated rings. The molecule has 0 radical (unpaired) electrons. The first-order chi connectivity index (χ1) is 16.6. The van der Waals surface area contributed by atoms with Crippen LogP contribution in [0.4, 0.5) is 0 Å². The summed E-state index contributed by atoms with van der Waals surface area (Å²) < 4.78 is 17.0. The van der Waals surface area contributed by atoms with E-state index < -0.39 is 0 Å². The van der Waals surface area contributed by atoms with E-state index >= 15 is 0 Å². The zero-order chi connectivity index (χ0) is 24.2. The largest absolute Gasteiger partial charge is 0.493 e. The van der Waals surface area contributed by atoms with Crippen LogP contribution in [0, 0.1) is 0 Å². The summed E-state index contributed by atoms with van der Waals surface area (Å²) >= 11 is 0. The van der Waals surface area contributed by atoms with Crippen LogP contribution in [-0.4, -0.2) is 56.2 Å². The van der Waals surface area contributed by atoms with Gasteiger partial charge in [-0.1, -0.05) is 69.0 Å². The monoisotopic (exact) mass is 468 g/mol. The van der Waals surface area contributed by atoms with Gasteiger partial charge in [-0.15, -0.1) is 0 Å². The Bertz CT molecular complexity index is 879. The number of nitrogens with zero attached hydrogens (tertiary/aromatic N) is 2. The number of piperazine rings is 1. The molecule has 34 heavy (non-hydrogen) atoms. The molecule has 0 N–H and O–H groups in total. The van der Waals surface area contributed by atoms with Crippen LogP contribution in [0.5, 0.6) is 17.2 Å². The number of hydrogen-bond donors (Lipinski definition) is 0. The van der Waals surface area contributed by atoms with Crippen LogP contribution < -0.4 is 14.2 Å². The van der Waals surface area contributed by atoms with Crippen molar-refractivity contribution in [1.82, 2.24) is 9.80 Å². The number of rotatable bonds is 13. The molecule has 0 unspecified atom stereocenters. The molecule has 0 amide bonds. The maximum Gasteiger partial charge on any atom is 0.311 e. The highest BCUT2D eigenvalue weighted by Crippen LogP contribution is 2.41. The lowest BCUT2D eigenvalue weighted by Crippen LogP contribution is -2.45. The first-order valence-electron chi connectivity index (χ1n) is 12.6. The SMILES string of the molecule is CCCCCCCC(=O)Oc1c(CN2CCN(Cc3ccccc3)CC2)ccc(OC)c1OC.